The van der Waals surface area contributed by atoms with Gasteiger partial charge in [-0.25, -0.2) is 12.8 Å². The number of sulfone groups is 1. The van der Waals surface area contributed by atoms with Crippen LogP contribution in [0, 0.1) is 5.82 Å². The molecule has 0 radical (unpaired) electrons. The highest BCUT2D eigenvalue weighted by atomic mass is 32.2. The molecule has 7 heteroatoms. The summed E-state index contributed by atoms with van der Waals surface area (Å²) in [4.78, 5) is 16.1. The molecule has 1 fully saturated rings. The normalized spacial score (nSPS) is 16.5. The van der Waals surface area contributed by atoms with Crippen molar-refractivity contribution >= 4 is 15.7 Å². The predicted molar refractivity (Wildman–Crippen MR) is 87.5 cm³/mol. The van der Waals surface area contributed by atoms with Crippen LogP contribution in [0.2, 0.25) is 0 Å². The molecule has 128 valence electrons. The average Bonchev–Trinajstić information content (AvgIpc) is 2.52. The van der Waals surface area contributed by atoms with Crippen LogP contribution in [0.15, 0.2) is 24.3 Å². The lowest BCUT2D eigenvalue weighted by Crippen LogP contribution is -2.49. The highest BCUT2D eigenvalue weighted by Gasteiger charge is 2.21. The standard InChI is InChI=1S/C16H23FN2O3S/c1-23(21,22)13-12-18-8-10-19(11-9-18)16(20)7-4-14-2-5-15(17)6-3-14/h2-3,5-6H,4,7-13H2,1H3. The largest absolute Gasteiger partial charge is 0.340 e. The zero-order valence-corrected chi connectivity index (χ0v) is 14.2. The van der Waals surface area contributed by atoms with Gasteiger partial charge in [0, 0.05) is 45.4 Å². The Kier molecular flexibility index (Phi) is 6.12. The van der Waals surface area contributed by atoms with E-state index in [1.54, 1.807) is 12.1 Å². The summed E-state index contributed by atoms with van der Waals surface area (Å²) in [5.74, 6) is -0.0201. The van der Waals surface area contributed by atoms with Crippen LogP contribution in [0.25, 0.3) is 0 Å². The number of benzene rings is 1. The van der Waals surface area contributed by atoms with Gasteiger partial charge in [0.15, 0.2) is 0 Å². The molecule has 1 aromatic rings. The summed E-state index contributed by atoms with van der Waals surface area (Å²) >= 11 is 0. The second-order valence-corrected chi connectivity index (χ2v) is 8.24. The van der Waals surface area contributed by atoms with E-state index in [9.17, 15) is 17.6 Å². The number of hydrogen-bond acceptors (Lipinski definition) is 4. The Bertz CT molecular complexity index is 623. The summed E-state index contributed by atoms with van der Waals surface area (Å²) in [5, 5.41) is 0. The third kappa shape index (κ3) is 6.27. The Hall–Kier alpha value is -1.47. The molecule has 2 rings (SSSR count). The summed E-state index contributed by atoms with van der Waals surface area (Å²) in [5.41, 5.74) is 0.950. The van der Waals surface area contributed by atoms with Crippen LogP contribution in [0.4, 0.5) is 4.39 Å². The first-order valence-electron chi connectivity index (χ1n) is 7.76. The van der Waals surface area contributed by atoms with E-state index in [0.29, 0.717) is 45.6 Å². The number of halogens is 1. The first-order chi connectivity index (χ1) is 10.8. The van der Waals surface area contributed by atoms with Crippen molar-refractivity contribution in [2.75, 3.05) is 44.7 Å². The van der Waals surface area contributed by atoms with E-state index in [0.717, 1.165) is 5.56 Å². The van der Waals surface area contributed by atoms with Gasteiger partial charge in [0.25, 0.3) is 0 Å². The molecule has 0 N–H and O–H groups in total. The maximum atomic E-state index is 12.8. The summed E-state index contributed by atoms with van der Waals surface area (Å²) in [6.07, 6.45) is 2.25. The maximum absolute atomic E-state index is 12.8. The van der Waals surface area contributed by atoms with Crippen molar-refractivity contribution in [3.05, 3.63) is 35.6 Å². The molecule has 0 unspecified atom stereocenters. The highest BCUT2D eigenvalue weighted by Crippen LogP contribution is 2.09. The van der Waals surface area contributed by atoms with Gasteiger partial charge in [-0.2, -0.15) is 0 Å². The van der Waals surface area contributed by atoms with Crippen molar-refractivity contribution in [2.45, 2.75) is 12.8 Å². The fourth-order valence-corrected chi connectivity index (χ4v) is 3.17. The molecule has 1 amide bonds. The van der Waals surface area contributed by atoms with Crippen molar-refractivity contribution < 1.29 is 17.6 Å². The molecule has 23 heavy (non-hydrogen) atoms. The number of aryl methyl sites for hydroxylation is 1. The number of carbonyl (C=O) groups is 1. The average molecular weight is 342 g/mol. The Morgan fingerprint density at radius 3 is 2.30 bits per heavy atom. The molecule has 1 aliphatic rings. The molecular formula is C16H23FN2O3S. The molecule has 1 saturated heterocycles. The smallest absolute Gasteiger partial charge is 0.222 e. The Morgan fingerprint density at radius 2 is 1.74 bits per heavy atom. The molecule has 0 aromatic heterocycles. The van der Waals surface area contributed by atoms with E-state index in [2.05, 4.69) is 4.90 Å². The van der Waals surface area contributed by atoms with E-state index >= 15 is 0 Å². The maximum Gasteiger partial charge on any atom is 0.222 e. The summed E-state index contributed by atoms with van der Waals surface area (Å²) in [7, 11) is -2.94. The topological polar surface area (TPSA) is 57.7 Å². The fourth-order valence-electron chi connectivity index (χ4n) is 2.58. The summed E-state index contributed by atoms with van der Waals surface area (Å²) in [6, 6.07) is 6.21. The third-order valence-electron chi connectivity index (χ3n) is 4.04. The molecule has 1 heterocycles. The zero-order chi connectivity index (χ0) is 16.9. The number of nitrogens with zero attached hydrogens (tertiary/aromatic N) is 2. The minimum Gasteiger partial charge on any atom is -0.340 e. The van der Waals surface area contributed by atoms with Gasteiger partial charge < -0.3 is 4.90 Å². The van der Waals surface area contributed by atoms with Gasteiger partial charge in [0.1, 0.15) is 15.7 Å². The molecular weight excluding hydrogens is 319 g/mol. The van der Waals surface area contributed by atoms with Crippen molar-refractivity contribution in [3.63, 3.8) is 0 Å². The molecule has 0 bridgehead atoms. The zero-order valence-electron chi connectivity index (χ0n) is 13.4. The summed E-state index contributed by atoms with van der Waals surface area (Å²) < 4.78 is 35.2. The molecule has 5 nitrogen and oxygen atoms in total. The number of amides is 1. The van der Waals surface area contributed by atoms with Crippen LogP contribution in [-0.4, -0.2) is 68.9 Å². The molecule has 1 aliphatic heterocycles. The lowest BCUT2D eigenvalue weighted by Gasteiger charge is -2.34. The molecule has 0 saturated carbocycles. The second kappa shape index (κ2) is 7.88. The lowest BCUT2D eigenvalue weighted by atomic mass is 10.1. The van der Waals surface area contributed by atoms with E-state index in [4.69, 9.17) is 0 Å². The van der Waals surface area contributed by atoms with Gasteiger partial charge in [0.05, 0.1) is 5.75 Å². The number of rotatable bonds is 6. The minimum absolute atomic E-state index is 0.0945. The molecule has 1 aromatic carbocycles. The van der Waals surface area contributed by atoms with E-state index < -0.39 is 9.84 Å². The van der Waals surface area contributed by atoms with Crippen molar-refractivity contribution in [1.29, 1.82) is 0 Å². The van der Waals surface area contributed by atoms with Gasteiger partial charge in [0.2, 0.25) is 5.91 Å². The quantitative estimate of drug-likeness (QED) is 0.772. The first-order valence-corrected chi connectivity index (χ1v) is 9.82. The third-order valence-corrected chi connectivity index (χ3v) is 4.97. The monoisotopic (exact) mass is 342 g/mol. The Labute approximate surface area is 137 Å². The van der Waals surface area contributed by atoms with Crippen LogP contribution >= 0.6 is 0 Å². The van der Waals surface area contributed by atoms with Crippen molar-refractivity contribution in [2.24, 2.45) is 0 Å². The van der Waals surface area contributed by atoms with Gasteiger partial charge in [-0.05, 0) is 24.1 Å². The van der Waals surface area contributed by atoms with Gasteiger partial charge >= 0.3 is 0 Å². The fraction of sp³-hybridized carbons (Fsp3) is 0.562. The Morgan fingerprint density at radius 1 is 1.13 bits per heavy atom. The van der Waals surface area contributed by atoms with Gasteiger partial charge in [-0.3, -0.25) is 9.69 Å². The minimum atomic E-state index is -2.94. The van der Waals surface area contributed by atoms with Crippen molar-refractivity contribution in [3.8, 4) is 0 Å². The van der Waals surface area contributed by atoms with Crippen LogP contribution in [0.5, 0.6) is 0 Å². The molecule has 0 spiro atoms. The van der Waals surface area contributed by atoms with E-state index in [-0.39, 0.29) is 17.5 Å². The van der Waals surface area contributed by atoms with Gasteiger partial charge in [-0.15, -0.1) is 0 Å². The van der Waals surface area contributed by atoms with Crippen LogP contribution in [0.3, 0.4) is 0 Å². The SMILES string of the molecule is CS(=O)(=O)CCN1CCN(C(=O)CCc2ccc(F)cc2)CC1. The highest BCUT2D eigenvalue weighted by molar-refractivity contribution is 7.90. The first kappa shape index (κ1) is 17.9. The van der Waals surface area contributed by atoms with E-state index in [1.165, 1.54) is 18.4 Å². The van der Waals surface area contributed by atoms with Crippen LogP contribution < -0.4 is 0 Å². The number of hydrogen-bond donors (Lipinski definition) is 0. The number of carbonyl (C=O) groups excluding carboxylic acids is 1. The molecule has 0 aliphatic carbocycles. The summed E-state index contributed by atoms with van der Waals surface area (Å²) in [6.45, 7) is 3.20. The number of piperazine rings is 1. The van der Waals surface area contributed by atoms with Gasteiger partial charge in [-0.1, -0.05) is 12.1 Å². The van der Waals surface area contributed by atoms with Crippen LogP contribution in [-0.2, 0) is 21.1 Å². The Balaban J connectivity index is 1.72. The predicted octanol–water partition coefficient (Wildman–Crippen LogP) is 0.947. The lowest BCUT2D eigenvalue weighted by molar-refractivity contribution is -0.132. The molecule has 0 atom stereocenters. The van der Waals surface area contributed by atoms with Crippen LogP contribution in [0.1, 0.15) is 12.0 Å². The van der Waals surface area contributed by atoms with Crippen molar-refractivity contribution in [1.82, 2.24) is 9.80 Å². The second-order valence-electron chi connectivity index (χ2n) is 5.98. The van der Waals surface area contributed by atoms with E-state index in [1.807, 2.05) is 4.90 Å².